The van der Waals surface area contributed by atoms with Crippen LogP contribution in [0.1, 0.15) is 17.3 Å². The molecule has 2 heterocycles. The lowest BCUT2D eigenvalue weighted by atomic mass is 10.1. The van der Waals surface area contributed by atoms with Gasteiger partial charge in [-0.2, -0.15) is 4.31 Å². The molecule has 1 saturated heterocycles. The van der Waals surface area contributed by atoms with Crippen molar-refractivity contribution in [2.24, 2.45) is 0 Å². The zero-order valence-corrected chi connectivity index (χ0v) is 22.2. The third-order valence-corrected chi connectivity index (χ3v) is 9.83. The summed E-state index contributed by atoms with van der Waals surface area (Å²) in [7, 11) is -1.80. The van der Waals surface area contributed by atoms with Gasteiger partial charge in [0.15, 0.2) is 5.50 Å². The van der Waals surface area contributed by atoms with Gasteiger partial charge in [0.05, 0.1) is 17.2 Å². The van der Waals surface area contributed by atoms with Crippen LogP contribution >= 0.6 is 11.8 Å². The van der Waals surface area contributed by atoms with Gasteiger partial charge in [0, 0.05) is 43.7 Å². The van der Waals surface area contributed by atoms with Gasteiger partial charge in [-0.3, -0.25) is 4.79 Å². The van der Waals surface area contributed by atoms with Crippen LogP contribution in [0.15, 0.2) is 70.5 Å². The quantitative estimate of drug-likeness (QED) is 0.528. The molecule has 1 atom stereocenters. The smallest absolute Gasteiger partial charge is 0.409 e. The largest absolute Gasteiger partial charge is 0.450 e. The van der Waals surface area contributed by atoms with Gasteiger partial charge in [0.1, 0.15) is 0 Å². The monoisotopic (exact) mass is 540 g/mol. The first kappa shape index (κ1) is 25.4. The van der Waals surface area contributed by atoms with Gasteiger partial charge < -0.3 is 19.9 Å². The molecule has 0 bridgehead atoms. The number of amides is 2. The normalized spacial score (nSPS) is 18.1. The van der Waals surface area contributed by atoms with Crippen molar-refractivity contribution in [3.05, 3.63) is 66.2 Å². The minimum Gasteiger partial charge on any atom is -0.450 e. The van der Waals surface area contributed by atoms with Crippen molar-refractivity contribution in [1.29, 1.82) is 0 Å². The van der Waals surface area contributed by atoms with Crippen molar-refractivity contribution >= 4 is 50.2 Å². The number of rotatable bonds is 5. The van der Waals surface area contributed by atoms with E-state index in [2.05, 4.69) is 29.6 Å². The third kappa shape index (κ3) is 4.86. The molecule has 0 spiro atoms. The highest BCUT2D eigenvalue weighted by Crippen LogP contribution is 2.45. The number of hydrogen-bond donors (Lipinski definition) is 1. The number of thioether (sulfide) groups is 1. The minimum atomic E-state index is -3.74. The maximum Gasteiger partial charge on any atom is 0.409 e. The number of carbonyl (C=O) groups is 2. The molecule has 11 heteroatoms. The molecular formula is C26H28N4O5S2. The fourth-order valence-electron chi connectivity index (χ4n) is 4.53. The van der Waals surface area contributed by atoms with Crippen molar-refractivity contribution in [3.8, 4) is 0 Å². The van der Waals surface area contributed by atoms with Crippen LogP contribution in [0.25, 0.3) is 10.8 Å². The molecule has 3 aromatic rings. The molecule has 1 N–H and O–H groups in total. The van der Waals surface area contributed by atoms with E-state index in [1.165, 1.54) is 33.5 Å². The fourth-order valence-corrected chi connectivity index (χ4v) is 7.25. The van der Waals surface area contributed by atoms with Gasteiger partial charge in [-0.1, -0.05) is 42.1 Å². The Morgan fingerprint density at radius 3 is 2.41 bits per heavy atom. The highest BCUT2D eigenvalue weighted by molar-refractivity contribution is 8.00. The summed E-state index contributed by atoms with van der Waals surface area (Å²) in [6.07, 6.45) is -0.433. The number of ether oxygens (including phenoxy) is 1. The number of fused-ring (bicyclic) bond motifs is 3. The second-order valence-corrected chi connectivity index (χ2v) is 11.8. The summed E-state index contributed by atoms with van der Waals surface area (Å²) in [5, 5.41) is 5.34. The maximum absolute atomic E-state index is 13.1. The molecule has 5 rings (SSSR count). The maximum atomic E-state index is 13.1. The van der Waals surface area contributed by atoms with E-state index >= 15 is 0 Å². The number of carbonyl (C=O) groups excluding carboxylic acids is 2. The lowest BCUT2D eigenvalue weighted by Crippen LogP contribution is -2.50. The molecule has 0 aliphatic carbocycles. The van der Waals surface area contributed by atoms with Gasteiger partial charge in [-0.05, 0) is 48.0 Å². The van der Waals surface area contributed by atoms with Gasteiger partial charge >= 0.3 is 6.09 Å². The van der Waals surface area contributed by atoms with Crippen LogP contribution < -0.4 is 10.2 Å². The summed E-state index contributed by atoms with van der Waals surface area (Å²) >= 11 is 1.58. The van der Waals surface area contributed by atoms with Gasteiger partial charge in [0.2, 0.25) is 10.0 Å². The third-order valence-electron chi connectivity index (χ3n) is 6.59. The van der Waals surface area contributed by atoms with Crippen molar-refractivity contribution in [2.75, 3.05) is 44.7 Å². The van der Waals surface area contributed by atoms with E-state index in [1.54, 1.807) is 18.7 Å². The van der Waals surface area contributed by atoms with Crippen LogP contribution in [0, 0.1) is 0 Å². The van der Waals surface area contributed by atoms with Crippen LogP contribution in [0.2, 0.25) is 0 Å². The van der Waals surface area contributed by atoms with Crippen LogP contribution in [0.3, 0.4) is 0 Å². The van der Waals surface area contributed by atoms with Crippen LogP contribution in [-0.2, 0) is 14.8 Å². The molecule has 1 fully saturated rings. The Morgan fingerprint density at radius 2 is 1.70 bits per heavy atom. The molecule has 0 saturated carbocycles. The van der Waals surface area contributed by atoms with Crippen LogP contribution in [0.4, 0.5) is 10.5 Å². The first-order valence-electron chi connectivity index (χ1n) is 12.0. The first-order valence-corrected chi connectivity index (χ1v) is 14.4. The lowest BCUT2D eigenvalue weighted by Gasteiger charge is -2.33. The lowest BCUT2D eigenvalue weighted by molar-refractivity contribution is 0.0932. The zero-order chi connectivity index (χ0) is 26.2. The van der Waals surface area contributed by atoms with E-state index in [9.17, 15) is 18.0 Å². The van der Waals surface area contributed by atoms with Crippen LogP contribution in [0.5, 0.6) is 0 Å². The second kappa shape index (κ2) is 10.2. The molecule has 2 amide bonds. The molecule has 0 aromatic heterocycles. The van der Waals surface area contributed by atoms with E-state index < -0.39 is 16.1 Å². The standard InChI is InChI=1S/C26H28N4O5S2/c1-3-35-26(32)29-14-16-30(17-15-29)37(33,34)20-11-8-19(9-12-20)24(31)27-25-28(2)22-13-10-18-6-4-5-7-21(18)23(22)36-25/h4-13,25H,3,14-17H2,1-2H3,(H,27,31)/t25-/m1/s1. The summed E-state index contributed by atoms with van der Waals surface area (Å²) < 4.78 is 32.6. The molecule has 37 heavy (non-hydrogen) atoms. The van der Waals surface area contributed by atoms with E-state index in [1.807, 2.05) is 24.1 Å². The Bertz CT molecular complexity index is 1440. The molecule has 0 radical (unpaired) electrons. The number of nitrogens with zero attached hydrogens (tertiary/aromatic N) is 3. The number of sulfonamides is 1. The SMILES string of the molecule is CCOC(=O)N1CCN(S(=O)(=O)c2ccc(C(=O)N[C@H]3Sc4c(ccc5ccccc45)N3C)cc2)CC1. The Hall–Kier alpha value is -3.28. The van der Waals surface area contributed by atoms with Crippen molar-refractivity contribution in [1.82, 2.24) is 14.5 Å². The molecule has 2 aliphatic heterocycles. The summed E-state index contributed by atoms with van der Waals surface area (Å²) in [5.41, 5.74) is 1.15. The Kier molecular flexibility index (Phi) is 7.02. The summed E-state index contributed by atoms with van der Waals surface area (Å²) in [4.78, 5) is 29.7. The van der Waals surface area contributed by atoms with E-state index in [0.29, 0.717) is 5.56 Å². The number of hydrogen-bond acceptors (Lipinski definition) is 7. The summed E-state index contributed by atoms with van der Waals surface area (Å²) in [5.74, 6) is -0.284. The second-order valence-electron chi connectivity index (χ2n) is 8.80. The minimum absolute atomic E-state index is 0.111. The van der Waals surface area contributed by atoms with Gasteiger partial charge in [-0.25, -0.2) is 13.2 Å². The number of nitrogens with one attached hydrogen (secondary N) is 1. The first-order chi connectivity index (χ1) is 17.8. The predicted octanol–water partition coefficient (Wildman–Crippen LogP) is 3.56. The number of benzene rings is 3. The molecule has 9 nitrogen and oxygen atoms in total. The fraction of sp³-hybridized carbons (Fsp3) is 0.308. The Morgan fingerprint density at radius 1 is 1.00 bits per heavy atom. The zero-order valence-electron chi connectivity index (χ0n) is 20.6. The van der Waals surface area contributed by atoms with Crippen molar-refractivity contribution in [2.45, 2.75) is 22.2 Å². The van der Waals surface area contributed by atoms with Crippen molar-refractivity contribution < 1.29 is 22.7 Å². The van der Waals surface area contributed by atoms with Gasteiger partial charge in [-0.15, -0.1) is 0 Å². The van der Waals surface area contributed by atoms with E-state index in [-0.39, 0.29) is 49.1 Å². The number of piperazine rings is 1. The number of anilines is 1. The molecule has 0 unspecified atom stereocenters. The molecule has 2 aliphatic rings. The van der Waals surface area contributed by atoms with Crippen molar-refractivity contribution in [3.63, 3.8) is 0 Å². The molecular weight excluding hydrogens is 512 g/mol. The van der Waals surface area contributed by atoms with E-state index in [0.717, 1.165) is 21.4 Å². The predicted molar refractivity (Wildman–Crippen MR) is 143 cm³/mol. The molecule has 3 aromatic carbocycles. The topological polar surface area (TPSA) is 99.3 Å². The highest BCUT2D eigenvalue weighted by atomic mass is 32.2. The summed E-state index contributed by atoms with van der Waals surface area (Å²) in [6.45, 7) is 2.91. The van der Waals surface area contributed by atoms with E-state index in [4.69, 9.17) is 4.74 Å². The Labute approximate surface area is 220 Å². The summed E-state index contributed by atoms with van der Waals surface area (Å²) in [6, 6.07) is 18.3. The highest BCUT2D eigenvalue weighted by Gasteiger charge is 2.32. The average Bonchev–Trinajstić information content (AvgIpc) is 3.24. The Balaban J connectivity index is 1.24. The average molecular weight is 541 g/mol. The van der Waals surface area contributed by atoms with Crippen LogP contribution in [-0.4, -0.2) is 75.0 Å². The van der Waals surface area contributed by atoms with Gasteiger partial charge in [0.25, 0.3) is 5.91 Å². The molecule has 194 valence electrons.